The first-order valence-corrected chi connectivity index (χ1v) is 7.53. The van der Waals surface area contributed by atoms with Gasteiger partial charge in [0, 0.05) is 12.2 Å². The molecule has 2 heteroatoms. The van der Waals surface area contributed by atoms with Gasteiger partial charge in [-0.1, -0.05) is 56.2 Å². The zero-order chi connectivity index (χ0) is 14.2. The van der Waals surface area contributed by atoms with Crippen molar-refractivity contribution in [2.45, 2.75) is 45.2 Å². The molecular formula is C18H24N2. The van der Waals surface area contributed by atoms with Gasteiger partial charge in [0.2, 0.25) is 0 Å². The summed E-state index contributed by atoms with van der Waals surface area (Å²) in [7, 11) is 0. The smallest absolute Gasteiger partial charge is 0.0753 e. The Morgan fingerprint density at radius 3 is 2.45 bits per heavy atom. The molecule has 0 bridgehead atoms. The largest absolute Gasteiger partial charge is 0.302 e. The van der Waals surface area contributed by atoms with Crippen LogP contribution in [0.15, 0.2) is 54.7 Å². The predicted octanol–water partition coefficient (Wildman–Crippen LogP) is 4.34. The SMILES string of the molecule is CCCCC(C)NC(c1ccccc1)c1ccccn1. The van der Waals surface area contributed by atoms with Gasteiger partial charge in [0.05, 0.1) is 11.7 Å². The summed E-state index contributed by atoms with van der Waals surface area (Å²) in [5.41, 5.74) is 2.36. The predicted molar refractivity (Wildman–Crippen MR) is 84.6 cm³/mol. The lowest BCUT2D eigenvalue weighted by Crippen LogP contribution is -2.31. The van der Waals surface area contributed by atoms with E-state index in [0.717, 1.165) is 5.69 Å². The number of rotatable bonds is 7. The maximum atomic E-state index is 4.53. The molecule has 0 fully saturated rings. The fraction of sp³-hybridized carbons (Fsp3) is 0.389. The van der Waals surface area contributed by atoms with Crippen molar-refractivity contribution in [3.8, 4) is 0 Å². The Balaban J connectivity index is 2.17. The third-order valence-electron chi connectivity index (χ3n) is 3.56. The van der Waals surface area contributed by atoms with Gasteiger partial charge in [-0.15, -0.1) is 0 Å². The lowest BCUT2D eigenvalue weighted by atomic mass is 10.0. The minimum absolute atomic E-state index is 0.171. The van der Waals surface area contributed by atoms with Crippen LogP contribution < -0.4 is 5.32 Å². The number of hydrogen-bond donors (Lipinski definition) is 1. The Kier molecular flexibility index (Phi) is 5.75. The van der Waals surface area contributed by atoms with E-state index in [1.54, 1.807) is 0 Å². The van der Waals surface area contributed by atoms with Crippen LogP contribution in [0.3, 0.4) is 0 Å². The van der Waals surface area contributed by atoms with Crippen LogP contribution in [0.5, 0.6) is 0 Å². The maximum absolute atomic E-state index is 4.53. The molecule has 0 aliphatic carbocycles. The van der Waals surface area contributed by atoms with E-state index < -0.39 is 0 Å². The zero-order valence-electron chi connectivity index (χ0n) is 12.4. The van der Waals surface area contributed by atoms with Crippen LogP contribution in [0.1, 0.15) is 50.4 Å². The van der Waals surface area contributed by atoms with Gasteiger partial charge in [0.15, 0.2) is 0 Å². The molecule has 1 N–H and O–H groups in total. The van der Waals surface area contributed by atoms with E-state index in [4.69, 9.17) is 0 Å². The van der Waals surface area contributed by atoms with Crippen LogP contribution in [0.25, 0.3) is 0 Å². The van der Waals surface area contributed by atoms with Gasteiger partial charge in [-0.2, -0.15) is 0 Å². The molecule has 2 nitrogen and oxygen atoms in total. The summed E-state index contributed by atoms with van der Waals surface area (Å²) in [6, 6.07) is 17.3. The summed E-state index contributed by atoms with van der Waals surface area (Å²) >= 11 is 0. The van der Waals surface area contributed by atoms with Gasteiger partial charge in [-0.3, -0.25) is 4.98 Å². The highest BCUT2D eigenvalue weighted by Crippen LogP contribution is 2.21. The summed E-state index contributed by atoms with van der Waals surface area (Å²) < 4.78 is 0. The molecule has 1 aromatic heterocycles. The molecule has 20 heavy (non-hydrogen) atoms. The van der Waals surface area contributed by atoms with Crippen molar-refractivity contribution in [1.82, 2.24) is 10.3 Å². The molecule has 2 rings (SSSR count). The molecule has 0 amide bonds. The average Bonchev–Trinajstić information content (AvgIpc) is 2.52. The van der Waals surface area contributed by atoms with Gasteiger partial charge in [0.25, 0.3) is 0 Å². The number of hydrogen-bond acceptors (Lipinski definition) is 2. The van der Waals surface area contributed by atoms with Crippen molar-refractivity contribution >= 4 is 0 Å². The summed E-state index contributed by atoms with van der Waals surface area (Å²) in [5.74, 6) is 0. The van der Waals surface area contributed by atoms with Gasteiger partial charge in [-0.05, 0) is 31.0 Å². The van der Waals surface area contributed by atoms with Gasteiger partial charge < -0.3 is 5.32 Å². The Bertz CT molecular complexity index is 442. The first-order chi connectivity index (χ1) is 9.81. The first-order valence-electron chi connectivity index (χ1n) is 7.53. The molecule has 0 aliphatic heterocycles. The van der Waals surface area contributed by atoms with Crippen molar-refractivity contribution in [3.05, 3.63) is 66.0 Å². The average molecular weight is 268 g/mol. The highest BCUT2D eigenvalue weighted by Gasteiger charge is 2.16. The van der Waals surface area contributed by atoms with Crippen molar-refractivity contribution in [2.75, 3.05) is 0 Å². The molecule has 2 unspecified atom stereocenters. The minimum atomic E-state index is 0.171. The van der Waals surface area contributed by atoms with Crippen LogP contribution in [0.4, 0.5) is 0 Å². The molecule has 0 saturated heterocycles. The highest BCUT2D eigenvalue weighted by atomic mass is 15.0. The fourth-order valence-corrected chi connectivity index (χ4v) is 2.42. The van der Waals surface area contributed by atoms with E-state index in [1.165, 1.54) is 24.8 Å². The second-order valence-electron chi connectivity index (χ2n) is 5.31. The number of nitrogens with zero attached hydrogens (tertiary/aromatic N) is 1. The lowest BCUT2D eigenvalue weighted by molar-refractivity contribution is 0.454. The van der Waals surface area contributed by atoms with E-state index in [9.17, 15) is 0 Å². The Hall–Kier alpha value is -1.67. The van der Waals surface area contributed by atoms with E-state index in [-0.39, 0.29) is 6.04 Å². The first kappa shape index (κ1) is 14.7. The van der Waals surface area contributed by atoms with Crippen molar-refractivity contribution in [3.63, 3.8) is 0 Å². The van der Waals surface area contributed by atoms with Crippen LogP contribution in [0.2, 0.25) is 0 Å². The number of pyridine rings is 1. The molecular weight excluding hydrogens is 244 g/mol. The summed E-state index contributed by atoms with van der Waals surface area (Å²) in [5, 5.41) is 3.72. The van der Waals surface area contributed by atoms with Crippen LogP contribution in [-0.2, 0) is 0 Å². The molecule has 0 aliphatic rings. The van der Waals surface area contributed by atoms with Crippen molar-refractivity contribution in [1.29, 1.82) is 0 Å². The molecule has 2 atom stereocenters. The lowest BCUT2D eigenvalue weighted by Gasteiger charge is -2.23. The third-order valence-corrected chi connectivity index (χ3v) is 3.56. The number of nitrogens with one attached hydrogen (secondary N) is 1. The van der Waals surface area contributed by atoms with E-state index in [1.807, 2.05) is 12.3 Å². The summed E-state index contributed by atoms with van der Waals surface area (Å²) in [4.78, 5) is 4.53. The van der Waals surface area contributed by atoms with E-state index >= 15 is 0 Å². The molecule has 0 spiro atoms. The van der Waals surface area contributed by atoms with Crippen LogP contribution >= 0.6 is 0 Å². The number of benzene rings is 1. The van der Waals surface area contributed by atoms with Crippen molar-refractivity contribution in [2.24, 2.45) is 0 Å². The van der Waals surface area contributed by atoms with Crippen molar-refractivity contribution < 1.29 is 0 Å². The summed E-state index contributed by atoms with van der Waals surface area (Å²) in [6.45, 7) is 4.49. The second kappa shape index (κ2) is 7.81. The highest BCUT2D eigenvalue weighted by molar-refractivity contribution is 5.27. The van der Waals surface area contributed by atoms with E-state index in [0.29, 0.717) is 6.04 Å². The monoisotopic (exact) mass is 268 g/mol. The zero-order valence-corrected chi connectivity index (χ0v) is 12.4. The molecule has 106 valence electrons. The topological polar surface area (TPSA) is 24.9 Å². The Morgan fingerprint density at radius 2 is 1.80 bits per heavy atom. The molecule has 1 aromatic carbocycles. The summed E-state index contributed by atoms with van der Waals surface area (Å²) in [6.07, 6.45) is 5.57. The van der Waals surface area contributed by atoms with Crippen LogP contribution in [-0.4, -0.2) is 11.0 Å². The fourth-order valence-electron chi connectivity index (χ4n) is 2.42. The quantitative estimate of drug-likeness (QED) is 0.808. The molecule has 2 aromatic rings. The standard InChI is InChI=1S/C18H24N2/c1-3-4-10-15(2)20-18(16-11-6-5-7-12-16)17-13-8-9-14-19-17/h5-9,11-15,18,20H,3-4,10H2,1-2H3. The Labute approximate surface area is 122 Å². The third kappa shape index (κ3) is 4.17. The normalized spacial score (nSPS) is 13.9. The van der Waals surface area contributed by atoms with E-state index in [2.05, 4.69) is 66.6 Å². The molecule has 0 radical (unpaired) electrons. The van der Waals surface area contributed by atoms with Gasteiger partial charge in [-0.25, -0.2) is 0 Å². The van der Waals surface area contributed by atoms with Gasteiger partial charge >= 0.3 is 0 Å². The van der Waals surface area contributed by atoms with Gasteiger partial charge in [0.1, 0.15) is 0 Å². The molecule has 0 saturated carbocycles. The van der Waals surface area contributed by atoms with Crippen LogP contribution in [0, 0.1) is 0 Å². The number of unbranched alkanes of at least 4 members (excludes halogenated alkanes) is 1. The minimum Gasteiger partial charge on any atom is -0.302 e. The molecule has 1 heterocycles. The second-order valence-corrected chi connectivity index (χ2v) is 5.31. The maximum Gasteiger partial charge on any atom is 0.0753 e. The Morgan fingerprint density at radius 1 is 1.05 bits per heavy atom. The number of aromatic nitrogens is 1.